The number of amides is 2. The van der Waals surface area contributed by atoms with Crippen LogP contribution in [0, 0.1) is 0 Å². The SMILES string of the molecule is O=C1CN(c2ccc(NC(=O)[C@@H](OCC(F)(F)F)c3ccccc3)cc2)CCN1. The number of hydrogen-bond donors (Lipinski definition) is 2. The van der Waals surface area contributed by atoms with Gasteiger partial charge in [-0.05, 0) is 29.8 Å². The normalized spacial score (nSPS) is 15.6. The van der Waals surface area contributed by atoms with Crippen molar-refractivity contribution >= 4 is 23.2 Å². The van der Waals surface area contributed by atoms with E-state index in [9.17, 15) is 22.8 Å². The van der Waals surface area contributed by atoms with Crippen LogP contribution >= 0.6 is 0 Å². The third-order valence-electron chi connectivity index (χ3n) is 4.29. The molecule has 6 nitrogen and oxygen atoms in total. The smallest absolute Gasteiger partial charge is 0.360 e. The van der Waals surface area contributed by atoms with E-state index in [1.54, 1.807) is 42.5 Å². The van der Waals surface area contributed by atoms with Crippen LogP contribution in [0.25, 0.3) is 0 Å². The molecule has 2 aromatic carbocycles. The minimum Gasteiger partial charge on any atom is -0.360 e. The molecule has 1 aliphatic heterocycles. The first kappa shape index (κ1) is 20.7. The Morgan fingerprint density at radius 2 is 1.83 bits per heavy atom. The molecule has 1 fully saturated rings. The molecule has 1 atom stereocenters. The fourth-order valence-corrected chi connectivity index (χ4v) is 2.95. The van der Waals surface area contributed by atoms with Crippen molar-refractivity contribution < 1.29 is 27.5 Å². The number of anilines is 2. The summed E-state index contributed by atoms with van der Waals surface area (Å²) in [5, 5.41) is 5.32. The van der Waals surface area contributed by atoms with Gasteiger partial charge in [-0.2, -0.15) is 13.2 Å². The number of halogens is 3. The van der Waals surface area contributed by atoms with Crippen LogP contribution in [0.5, 0.6) is 0 Å². The lowest BCUT2D eigenvalue weighted by Gasteiger charge is -2.28. The number of alkyl halides is 3. The molecule has 154 valence electrons. The summed E-state index contributed by atoms with van der Waals surface area (Å²) in [6, 6.07) is 14.7. The number of carbonyl (C=O) groups excluding carboxylic acids is 2. The topological polar surface area (TPSA) is 70.7 Å². The Kier molecular flexibility index (Phi) is 6.38. The van der Waals surface area contributed by atoms with Crippen LogP contribution in [-0.2, 0) is 14.3 Å². The van der Waals surface area contributed by atoms with Gasteiger partial charge in [0.25, 0.3) is 5.91 Å². The number of ether oxygens (including phenoxy) is 1. The molecule has 1 heterocycles. The molecule has 0 unspecified atom stereocenters. The highest BCUT2D eigenvalue weighted by Crippen LogP contribution is 2.25. The Morgan fingerprint density at radius 1 is 1.14 bits per heavy atom. The maximum atomic E-state index is 12.6. The van der Waals surface area contributed by atoms with Gasteiger partial charge in [-0.25, -0.2) is 0 Å². The Bertz CT molecular complexity index is 842. The molecule has 0 saturated carbocycles. The van der Waals surface area contributed by atoms with Gasteiger partial charge in [-0.1, -0.05) is 30.3 Å². The van der Waals surface area contributed by atoms with Crippen molar-refractivity contribution in [2.75, 3.05) is 36.5 Å². The van der Waals surface area contributed by atoms with Crippen molar-refractivity contribution in [3.8, 4) is 0 Å². The highest BCUT2D eigenvalue weighted by molar-refractivity contribution is 5.95. The van der Waals surface area contributed by atoms with Gasteiger partial charge in [0.1, 0.15) is 6.61 Å². The van der Waals surface area contributed by atoms with Crippen LogP contribution in [-0.4, -0.2) is 44.2 Å². The summed E-state index contributed by atoms with van der Waals surface area (Å²) < 4.78 is 42.6. The van der Waals surface area contributed by atoms with Crippen LogP contribution in [0.15, 0.2) is 54.6 Å². The minimum absolute atomic E-state index is 0.0684. The fraction of sp³-hybridized carbons (Fsp3) is 0.300. The van der Waals surface area contributed by atoms with Crippen LogP contribution in [0.4, 0.5) is 24.5 Å². The number of piperazine rings is 1. The van der Waals surface area contributed by atoms with E-state index in [4.69, 9.17) is 4.74 Å². The van der Waals surface area contributed by atoms with Gasteiger partial charge in [-0.3, -0.25) is 9.59 Å². The zero-order valence-electron chi connectivity index (χ0n) is 15.4. The zero-order valence-corrected chi connectivity index (χ0v) is 15.4. The molecule has 2 N–H and O–H groups in total. The first-order valence-electron chi connectivity index (χ1n) is 8.98. The van der Waals surface area contributed by atoms with E-state index in [0.29, 0.717) is 24.3 Å². The standard InChI is InChI=1S/C20H20F3N3O3/c21-20(22,23)13-29-18(14-4-2-1-3-5-14)19(28)25-15-6-8-16(9-7-15)26-11-10-24-17(27)12-26/h1-9,18H,10-13H2,(H,24,27)(H,25,28)/t18-/m0/s1. The van der Waals surface area contributed by atoms with Gasteiger partial charge in [0.15, 0.2) is 6.10 Å². The molecule has 3 rings (SSSR count). The number of carbonyl (C=O) groups is 2. The summed E-state index contributed by atoms with van der Waals surface area (Å²) in [6.45, 7) is -0.0750. The minimum atomic E-state index is -4.55. The Labute approximate surface area is 165 Å². The van der Waals surface area contributed by atoms with Gasteiger partial charge < -0.3 is 20.3 Å². The summed E-state index contributed by atoms with van der Waals surface area (Å²) in [6.07, 6.45) is -5.95. The molecule has 0 bridgehead atoms. The zero-order chi connectivity index (χ0) is 20.9. The van der Waals surface area contributed by atoms with Crippen molar-refractivity contribution in [1.82, 2.24) is 5.32 Å². The summed E-state index contributed by atoms with van der Waals surface area (Å²) in [4.78, 5) is 26.0. The molecule has 0 radical (unpaired) electrons. The van der Waals surface area contributed by atoms with E-state index < -0.39 is 24.8 Å². The second-order valence-electron chi connectivity index (χ2n) is 6.52. The van der Waals surface area contributed by atoms with Crippen molar-refractivity contribution in [2.24, 2.45) is 0 Å². The van der Waals surface area contributed by atoms with Gasteiger partial charge in [-0.15, -0.1) is 0 Å². The lowest BCUT2D eigenvalue weighted by Crippen LogP contribution is -2.47. The number of rotatable bonds is 6. The van der Waals surface area contributed by atoms with E-state index in [-0.39, 0.29) is 12.5 Å². The molecule has 1 aliphatic rings. The molecule has 29 heavy (non-hydrogen) atoms. The molecule has 2 amide bonds. The molecular weight excluding hydrogens is 387 g/mol. The van der Waals surface area contributed by atoms with E-state index in [1.807, 2.05) is 4.90 Å². The molecule has 9 heteroatoms. The van der Waals surface area contributed by atoms with E-state index >= 15 is 0 Å². The average molecular weight is 407 g/mol. The van der Waals surface area contributed by atoms with E-state index in [2.05, 4.69) is 10.6 Å². The largest absolute Gasteiger partial charge is 0.411 e. The van der Waals surface area contributed by atoms with Gasteiger partial charge in [0.05, 0.1) is 6.54 Å². The van der Waals surface area contributed by atoms with Crippen LogP contribution in [0.1, 0.15) is 11.7 Å². The summed E-state index contributed by atoms with van der Waals surface area (Å²) in [7, 11) is 0. The first-order valence-corrected chi connectivity index (χ1v) is 8.98. The lowest BCUT2D eigenvalue weighted by atomic mass is 10.1. The van der Waals surface area contributed by atoms with Gasteiger partial charge in [0.2, 0.25) is 5.91 Å². The average Bonchev–Trinajstić information content (AvgIpc) is 2.69. The third kappa shape index (κ3) is 5.95. The summed E-state index contributed by atoms with van der Waals surface area (Å²) >= 11 is 0. The second-order valence-corrected chi connectivity index (χ2v) is 6.52. The molecule has 0 spiro atoms. The van der Waals surface area contributed by atoms with Crippen molar-refractivity contribution in [3.63, 3.8) is 0 Å². The maximum Gasteiger partial charge on any atom is 0.411 e. The Hall–Kier alpha value is -3.07. The highest BCUT2D eigenvalue weighted by atomic mass is 19.4. The molecule has 0 aromatic heterocycles. The van der Waals surface area contributed by atoms with E-state index in [1.165, 1.54) is 12.1 Å². The Balaban J connectivity index is 1.69. The predicted molar refractivity (Wildman–Crippen MR) is 101 cm³/mol. The molecule has 0 aliphatic carbocycles. The quantitative estimate of drug-likeness (QED) is 0.773. The predicted octanol–water partition coefficient (Wildman–Crippen LogP) is 2.88. The number of nitrogens with one attached hydrogen (secondary N) is 2. The van der Waals surface area contributed by atoms with Gasteiger partial charge >= 0.3 is 6.18 Å². The van der Waals surface area contributed by atoms with Crippen molar-refractivity contribution in [1.29, 1.82) is 0 Å². The summed E-state index contributed by atoms with van der Waals surface area (Å²) in [5.74, 6) is -0.772. The third-order valence-corrected chi connectivity index (χ3v) is 4.29. The molecular formula is C20H20F3N3O3. The maximum absolute atomic E-state index is 12.6. The number of hydrogen-bond acceptors (Lipinski definition) is 4. The Morgan fingerprint density at radius 3 is 2.45 bits per heavy atom. The monoisotopic (exact) mass is 407 g/mol. The van der Waals surface area contributed by atoms with E-state index in [0.717, 1.165) is 5.69 Å². The van der Waals surface area contributed by atoms with Crippen LogP contribution < -0.4 is 15.5 Å². The second kappa shape index (κ2) is 8.95. The van der Waals surface area contributed by atoms with Gasteiger partial charge in [0, 0.05) is 24.5 Å². The fourth-order valence-electron chi connectivity index (χ4n) is 2.95. The van der Waals surface area contributed by atoms with Crippen molar-refractivity contribution in [3.05, 3.63) is 60.2 Å². The lowest BCUT2D eigenvalue weighted by molar-refractivity contribution is -0.187. The highest BCUT2D eigenvalue weighted by Gasteiger charge is 2.32. The molecule has 2 aromatic rings. The van der Waals surface area contributed by atoms with Crippen LogP contribution in [0.3, 0.4) is 0 Å². The number of nitrogens with zero attached hydrogens (tertiary/aromatic N) is 1. The van der Waals surface area contributed by atoms with Crippen LogP contribution in [0.2, 0.25) is 0 Å². The molecule has 1 saturated heterocycles. The summed E-state index contributed by atoms with van der Waals surface area (Å²) in [5.41, 5.74) is 1.55. The first-order chi connectivity index (χ1) is 13.8. The number of benzene rings is 2. The van der Waals surface area contributed by atoms with Crippen molar-refractivity contribution in [2.45, 2.75) is 12.3 Å².